The number of aryl methyl sites for hydroxylation is 1. The highest BCUT2D eigenvalue weighted by Crippen LogP contribution is 2.22. The van der Waals surface area contributed by atoms with E-state index < -0.39 is 0 Å². The Bertz CT molecular complexity index is 541. The summed E-state index contributed by atoms with van der Waals surface area (Å²) >= 11 is 0. The summed E-state index contributed by atoms with van der Waals surface area (Å²) in [6.45, 7) is 4.89. The number of amides is 1. The van der Waals surface area contributed by atoms with Gasteiger partial charge >= 0.3 is 0 Å². The standard InChI is InChI=1S/C14H21N3O3/c1-3-17-13(19)7-6-12(15-17)14(20)16-8-11(9-18)5-4-10(16)2/h6-7,10-11,18H,3-5,8-9H2,1-2H3. The summed E-state index contributed by atoms with van der Waals surface area (Å²) in [6.07, 6.45) is 1.81. The van der Waals surface area contributed by atoms with Crippen LogP contribution in [0.15, 0.2) is 16.9 Å². The van der Waals surface area contributed by atoms with Crippen molar-refractivity contribution >= 4 is 5.91 Å². The summed E-state index contributed by atoms with van der Waals surface area (Å²) in [6, 6.07) is 2.99. The van der Waals surface area contributed by atoms with Crippen LogP contribution in [-0.2, 0) is 6.54 Å². The maximum Gasteiger partial charge on any atom is 0.274 e. The molecule has 0 radical (unpaired) electrons. The van der Waals surface area contributed by atoms with Gasteiger partial charge in [0.15, 0.2) is 0 Å². The molecular weight excluding hydrogens is 258 g/mol. The third kappa shape index (κ3) is 2.90. The predicted octanol–water partition coefficient (Wildman–Crippen LogP) is 0.496. The average Bonchev–Trinajstić information content (AvgIpc) is 2.47. The van der Waals surface area contributed by atoms with E-state index in [2.05, 4.69) is 5.10 Å². The molecule has 1 amide bonds. The zero-order chi connectivity index (χ0) is 14.7. The van der Waals surface area contributed by atoms with Crippen molar-refractivity contribution in [2.75, 3.05) is 13.2 Å². The van der Waals surface area contributed by atoms with Gasteiger partial charge < -0.3 is 10.0 Å². The third-order valence-electron chi connectivity index (χ3n) is 3.88. The first-order valence-corrected chi connectivity index (χ1v) is 7.06. The van der Waals surface area contributed by atoms with E-state index in [9.17, 15) is 14.7 Å². The minimum Gasteiger partial charge on any atom is -0.396 e. The topological polar surface area (TPSA) is 75.4 Å². The van der Waals surface area contributed by atoms with Crippen LogP contribution in [0.3, 0.4) is 0 Å². The van der Waals surface area contributed by atoms with Crippen LogP contribution in [0, 0.1) is 5.92 Å². The molecule has 1 saturated heterocycles. The molecule has 0 bridgehead atoms. The Labute approximate surface area is 118 Å². The van der Waals surface area contributed by atoms with Gasteiger partial charge in [0, 0.05) is 31.8 Å². The number of aliphatic hydroxyl groups is 1. The van der Waals surface area contributed by atoms with E-state index in [1.165, 1.54) is 16.8 Å². The van der Waals surface area contributed by atoms with E-state index in [1.54, 1.807) is 4.90 Å². The second kappa shape index (κ2) is 6.17. The van der Waals surface area contributed by atoms with E-state index >= 15 is 0 Å². The highest BCUT2D eigenvalue weighted by atomic mass is 16.3. The molecule has 2 unspecified atom stereocenters. The van der Waals surface area contributed by atoms with Crippen LogP contribution in [0.1, 0.15) is 37.2 Å². The van der Waals surface area contributed by atoms with Crippen LogP contribution >= 0.6 is 0 Å². The number of hydrogen-bond acceptors (Lipinski definition) is 4. The quantitative estimate of drug-likeness (QED) is 0.874. The molecule has 1 aliphatic heterocycles. The maximum atomic E-state index is 12.5. The van der Waals surface area contributed by atoms with Crippen LogP contribution in [0.4, 0.5) is 0 Å². The first-order valence-electron chi connectivity index (χ1n) is 7.06. The molecule has 1 N–H and O–H groups in total. The Kier molecular flexibility index (Phi) is 4.54. The number of aliphatic hydroxyl groups excluding tert-OH is 1. The van der Waals surface area contributed by atoms with E-state index in [4.69, 9.17) is 0 Å². The zero-order valence-corrected chi connectivity index (χ0v) is 12.0. The highest BCUT2D eigenvalue weighted by Gasteiger charge is 2.30. The van der Waals surface area contributed by atoms with Crippen LogP contribution in [-0.4, -0.2) is 44.9 Å². The number of likely N-dealkylation sites (tertiary alicyclic amines) is 1. The number of piperidine rings is 1. The van der Waals surface area contributed by atoms with E-state index in [-0.39, 0.29) is 35.7 Å². The Morgan fingerprint density at radius 2 is 2.20 bits per heavy atom. The highest BCUT2D eigenvalue weighted by molar-refractivity contribution is 5.92. The molecule has 1 aromatic rings. The minimum absolute atomic E-state index is 0.0956. The first kappa shape index (κ1) is 14.7. The van der Waals surface area contributed by atoms with Crippen LogP contribution in [0.25, 0.3) is 0 Å². The lowest BCUT2D eigenvalue weighted by Gasteiger charge is -2.37. The van der Waals surface area contributed by atoms with Gasteiger partial charge in [-0.1, -0.05) is 0 Å². The molecule has 2 rings (SSSR count). The lowest BCUT2D eigenvalue weighted by molar-refractivity contribution is 0.0480. The Hall–Kier alpha value is -1.69. The maximum absolute atomic E-state index is 12.5. The summed E-state index contributed by atoms with van der Waals surface area (Å²) in [7, 11) is 0. The lowest BCUT2D eigenvalue weighted by atomic mass is 9.94. The van der Waals surface area contributed by atoms with Gasteiger partial charge in [0.05, 0.1) is 0 Å². The summed E-state index contributed by atoms with van der Waals surface area (Å²) in [5, 5.41) is 13.4. The second-order valence-electron chi connectivity index (χ2n) is 5.31. The number of carbonyl (C=O) groups is 1. The molecule has 6 heteroatoms. The summed E-state index contributed by atoms with van der Waals surface area (Å²) < 4.78 is 1.28. The minimum atomic E-state index is -0.205. The fourth-order valence-electron chi connectivity index (χ4n) is 2.55. The molecule has 2 heterocycles. The van der Waals surface area contributed by atoms with E-state index in [0.29, 0.717) is 13.1 Å². The molecule has 110 valence electrons. The fraction of sp³-hybridized carbons (Fsp3) is 0.643. The van der Waals surface area contributed by atoms with Crippen LogP contribution in [0.5, 0.6) is 0 Å². The molecule has 0 aromatic carbocycles. The van der Waals surface area contributed by atoms with Crippen molar-refractivity contribution in [2.45, 2.75) is 39.3 Å². The molecule has 2 atom stereocenters. The van der Waals surface area contributed by atoms with Crippen LogP contribution in [0.2, 0.25) is 0 Å². The van der Waals surface area contributed by atoms with Crippen molar-refractivity contribution in [3.05, 3.63) is 28.2 Å². The van der Waals surface area contributed by atoms with E-state index in [0.717, 1.165) is 12.8 Å². The molecule has 1 aliphatic rings. The average molecular weight is 279 g/mol. The van der Waals surface area contributed by atoms with Crippen molar-refractivity contribution in [1.29, 1.82) is 0 Å². The zero-order valence-electron chi connectivity index (χ0n) is 12.0. The van der Waals surface area contributed by atoms with Gasteiger partial charge in [-0.3, -0.25) is 9.59 Å². The number of aromatic nitrogens is 2. The molecule has 20 heavy (non-hydrogen) atoms. The SMILES string of the molecule is CCn1nc(C(=O)N2CC(CO)CCC2C)ccc1=O. The van der Waals surface area contributed by atoms with Crippen molar-refractivity contribution in [3.63, 3.8) is 0 Å². The number of carbonyl (C=O) groups excluding carboxylic acids is 1. The second-order valence-corrected chi connectivity index (χ2v) is 5.31. The predicted molar refractivity (Wildman–Crippen MR) is 74.5 cm³/mol. The van der Waals surface area contributed by atoms with Gasteiger partial charge in [-0.25, -0.2) is 4.68 Å². The molecule has 1 aromatic heterocycles. The molecule has 0 aliphatic carbocycles. The Balaban J connectivity index is 2.23. The molecular formula is C14H21N3O3. The molecule has 6 nitrogen and oxygen atoms in total. The number of hydrogen-bond donors (Lipinski definition) is 1. The normalized spacial score (nSPS) is 22.9. The fourth-order valence-corrected chi connectivity index (χ4v) is 2.55. The van der Waals surface area contributed by atoms with Gasteiger partial charge in [-0.2, -0.15) is 5.10 Å². The lowest BCUT2D eigenvalue weighted by Crippen LogP contribution is -2.47. The van der Waals surface area contributed by atoms with Crippen molar-refractivity contribution < 1.29 is 9.90 Å². The largest absolute Gasteiger partial charge is 0.396 e. The molecule has 1 fully saturated rings. The van der Waals surface area contributed by atoms with Gasteiger partial charge in [0.2, 0.25) is 0 Å². The monoisotopic (exact) mass is 279 g/mol. The number of rotatable bonds is 3. The third-order valence-corrected chi connectivity index (χ3v) is 3.88. The van der Waals surface area contributed by atoms with Crippen molar-refractivity contribution in [2.24, 2.45) is 5.92 Å². The number of nitrogens with zero attached hydrogens (tertiary/aromatic N) is 3. The summed E-state index contributed by atoms with van der Waals surface area (Å²) in [4.78, 5) is 25.8. The van der Waals surface area contributed by atoms with Gasteiger partial charge in [-0.15, -0.1) is 0 Å². The smallest absolute Gasteiger partial charge is 0.274 e. The summed E-state index contributed by atoms with van der Waals surface area (Å²) in [5.41, 5.74) is 0.0841. The van der Waals surface area contributed by atoms with E-state index in [1.807, 2.05) is 13.8 Å². The Morgan fingerprint density at radius 1 is 1.45 bits per heavy atom. The van der Waals surface area contributed by atoms with Gasteiger partial charge in [-0.05, 0) is 38.7 Å². The molecule has 0 spiro atoms. The summed E-state index contributed by atoms with van der Waals surface area (Å²) in [5.74, 6) is -0.0370. The molecule has 0 saturated carbocycles. The van der Waals surface area contributed by atoms with Gasteiger partial charge in [0.1, 0.15) is 5.69 Å². The van der Waals surface area contributed by atoms with Crippen LogP contribution < -0.4 is 5.56 Å². The Morgan fingerprint density at radius 3 is 2.85 bits per heavy atom. The van der Waals surface area contributed by atoms with Gasteiger partial charge in [0.25, 0.3) is 11.5 Å². The first-order chi connectivity index (χ1) is 9.56. The van der Waals surface area contributed by atoms with Crippen molar-refractivity contribution in [1.82, 2.24) is 14.7 Å². The van der Waals surface area contributed by atoms with Crippen molar-refractivity contribution in [3.8, 4) is 0 Å².